The Labute approximate surface area is 136 Å². The van der Waals surface area contributed by atoms with Gasteiger partial charge >= 0.3 is 0 Å². The molecule has 1 unspecified atom stereocenters. The van der Waals surface area contributed by atoms with Crippen LogP contribution in [-0.2, 0) is 4.79 Å². The molecule has 0 bridgehead atoms. The number of carbonyl (C=O) groups is 1. The number of nitrogens with one attached hydrogen (secondary N) is 1. The number of amides is 1. The standard InChI is InChI=1S/C16H23ClN4O/c17-13-5-4-9-19-14(13)21-10-6-12(11-21)20-15(22)16(18)7-2-1-3-8-16/h4-5,9,12H,1-3,6-8,10-11,18H2,(H,20,22). The molecule has 3 rings (SSSR count). The Hall–Kier alpha value is -1.33. The van der Waals surface area contributed by atoms with Gasteiger partial charge in [0.25, 0.3) is 0 Å². The normalized spacial score (nSPS) is 24.3. The third-order valence-corrected chi connectivity index (χ3v) is 5.06. The lowest BCUT2D eigenvalue weighted by molar-refractivity contribution is -0.128. The highest BCUT2D eigenvalue weighted by atomic mass is 35.5. The Bertz CT molecular complexity index is 545. The lowest BCUT2D eigenvalue weighted by Crippen LogP contribution is -2.57. The van der Waals surface area contributed by atoms with Gasteiger partial charge in [-0.15, -0.1) is 0 Å². The van der Waals surface area contributed by atoms with E-state index in [1.54, 1.807) is 6.20 Å². The Morgan fingerprint density at radius 1 is 1.41 bits per heavy atom. The van der Waals surface area contributed by atoms with Crippen molar-refractivity contribution < 1.29 is 4.79 Å². The zero-order valence-electron chi connectivity index (χ0n) is 12.7. The van der Waals surface area contributed by atoms with Gasteiger partial charge in [-0.1, -0.05) is 30.9 Å². The van der Waals surface area contributed by atoms with Gasteiger partial charge in [-0.2, -0.15) is 0 Å². The van der Waals surface area contributed by atoms with Crippen molar-refractivity contribution in [3.05, 3.63) is 23.4 Å². The number of halogens is 1. The van der Waals surface area contributed by atoms with Gasteiger partial charge in [0.2, 0.25) is 5.91 Å². The number of nitrogens with two attached hydrogens (primary N) is 1. The molecule has 1 aliphatic heterocycles. The van der Waals surface area contributed by atoms with Crippen molar-refractivity contribution in [2.75, 3.05) is 18.0 Å². The minimum Gasteiger partial charge on any atom is -0.353 e. The van der Waals surface area contributed by atoms with Crippen LogP contribution in [0, 0.1) is 0 Å². The summed E-state index contributed by atoms with van der Waals surface area (Å²) in [4.78, 5) is 18.9. The van der Waals surface area contributed by atoms with Crippen molar-refractivity contribution in [3.8, 4) is 0 Å². The highest BCUT2D eigenvalue weighted by molar-refractivity contribution is 6.32. The van der Waals surface area contributed by atoms with E-state index in [4.69, 9.17) is 17.3 Å². The Morgan fingerprint density at radius 3 is 2.91 bits per heavy atom. The minimum absolute atomic E-state index is 0.00571. The van der Waals surface area contributed by atoms with E-state index in [-0.39, 0.29) is 11.9 Å². The molecular weight excluding hydrogens is 300 g/mol. The average molecular weight is 323 g/mol. The van der Waals surface area contributed by atoms with Crippen LogP contribution in [0.25, 0.3) is 0 Å². The number of aromatic nitrogens is 1. The van der Waals surface area contributed by atoms with Crippen LogP contribution in [0.1, 0.15) is 38.5 Å². The summed E-state index contributed by atoms with van der Waals surface area (Å²) in [7, 11) is 0. The summed E-state index contributed by atoms with van der Waals surface area (Å²) in [5.41, 5.74) is 5.62. The molecule has 1 amide bonds. The van der Waals surface area contributed by atoms with Gasteiger partial charge in [0, 0.05) is 25.3 Å². The van der Waals surface area contributed by atoms with Crippen molar-refractivity contribution >= 4 is 23.3 Å². The molecule has 1 aliphatic carbocycles. The molecule has 0 radical (unpaired) electrons. The van der Waals surface area contributed by atoms with E-state index >= 15 is 0 Å². The van der Waals surface area contributed by atoms with Crippen LogP contribution in [0.15, 0.2) is 18.3 Å². The van der Waals surface area contributed by atoms with Gasteiger partial charge in [0.15, 0.2) is 0 Å². The number of hydrogen-bond acceptors (Lipinski definition) is 4. The number of hydrogen-bond donors (Lipinski definition) is 2. The van der Waals surface area contributed by atoms with Crippen molar-refractivity contribution in [3.63, 3.8) is 0 Å². The first-order chi connectivity index (χ1) is 10.6. The smallest absolute Gasteiger partial charge is 0.240 e. The lowest BCUT2D eigenvalue weighted by atomic mass is 9.82. The van der Waals surface area contributed by atoms with Crippen LogP contribution in [0.4, 0.5) is 5.82 Å². The quantitative estimate of drug-likeness (QED) is 0.894. The molecule has 1 saturated carbocycles. The van der Waals surface area contributed by atoms with Crippen LogP contribution >= 0.6 is 11.6 Å². The van der Waals surface area contributed by atoms with Crippen LogP contribution in [0.2, 0.25) is 5.02 Å². The molecule has 0 aromatic carbocycles. The van der Waals surface area contributed by atoms with E-state index in [0.717, 1.165) is 51.0 Å². The molecule has 5 nitrogen and oxygen atoms in total. The summed E-state index contributed by atoms with van der Waals surface area (Å²) in [6.45, 7) is 1.58. The molecule has 2 heterocycles. The first kappa shape index (κ1) is 15.6. The third kappa shape index (κ3) is 3.20. The molecule has 1 saturated heterocycles. The molecular formula is C16H23ClN4O. The third-order valence-electron chi connectivity index (χ3n) is 4.76. The SMILES string of the molecule is NC1(C(=O)NC2CCN(c3ncccc3Cl)C2)CCCCC1. The zero-order chi connectivity index (χ0) is 15.6. The number of carbonyl (C=O) groups excluding carboxylic acids is 1. The largest absolute Gasteiger partial charge is 0.353 e. The van der Waals surface area contributed by atoms with Gasteiger partial charge in [-0.05, 0) is 31.4 Å². The van der Waals surface area contributed by atoms with E-state index in [0.29, 0.717) is 5.02 Å². The monoisotopic (exact) mass is 322 g/mol. The highest BCUT2D eigenvalue weighted by Crippen LogP contribution is 2.28. The maximum atomic E-state index is 12.5. The van der Waals surface area contributed by atoms with Crippen LogP contribution < -0.4 is 16.0 Å². The average Bonchev–Trinajstić information content (AvgIpc) is 2.97. The summed E-state index contributed by atoms with van der Waals surface area (Å²) in [5, 5.41) is 3.78. The Kier molecular flexibility index (Phi) is 4.54. The molecule has 120 valence electrons. The highest BCUT2D eigenvalue weighted by Gasteiger charge is 2.37. The number of pyridine rings is 1. The first-order valence-corrected chi connectivity index (χ1v) is 8.42. The van der Waals surface area contributed by atoms with Gasteiger partial charge in [0.05, 0.1) is 10.6 Å². The second-order valence-corrected chi connectivity index (χ2v) is 6.84. The predicted molar refractivity (Wildman–Crippen MR) is 88.0 cm³/mol. The molecule has 2 fully saturated rings. The van der Waals surface area contributed by atoms with Crippen LogP contribution in [0.3, 0.4) is 0 Å². The van der Waals surface area contributed by atoms with Gasteiger partial charge in [-0.25, -0.2) is 4.98 Å². The summed E-state index contributed by atoms with van der Waals surface area (Å²) in [6, 6.07) is 3.78. The summed E-state index contributed by atoms with van der Waals surface area (Å²) >= 11 is 6.19. The minimum atomic E-state index is -0.672. The predicted octanol–water partition coefficient (Wildman–Crippen LogP) is 2.09. The second kappa shape index (κ2) is 6.42. The van der Waals surface area contributed by atoms with E-state index in [1.807, 2.05) is 12.1 Å². The second-order valence-electron chi connectivity index (χ2n) is 6.43. The number of rotatable bonds is 3. The van der Waals surface area contributed by atoms with Gasteiger partial charge < -0.3 is 16.0 Å². The molecule has 1 atom stereocenters. The summed E-state index contributed by atoms with van der Waals surface area (Å²) in [5.74, 6) is 0.798. The molecule has 3 N–H and O–H groups in total. The van der Waals surface area contributed by atoms with Crippen LogP contribution in [-0.4, -0.2) is 35.6 Å². The van der Waals surface area contributed by atoms with Crippen molar-refractivity contribution in [1.29, 1.82) is 0 Å². The maximum Gasteiger partial charge on any atom is 0.240 e. The van der Waals surface area contributed by atoms with Crippen molar-refractivity contribution in [2.45, 2.75) is 50.1 Å². The summed E-state index contributed by atoms with van der Waals surface area (Å²) in [6.07, 6.45) is 7.50. The van der Waals surface area contributed by atoms with E-state index in [2.05, 4.69) is 15.2 Å². The zero-order valence-corrected chi connectivity index (χ0v) is 13.5. The maximum absolute atomic E-state index is 12.5. The van der Waals surface area contributed by atoms with Crippen LogP contribution in [0.5, 0.6) is 0 Å². The van der Waals surface area contributed by atoms with E-state index in [9.17, 15) is 4.79 Å². The Morgan fingerprint density at radius 2 is 2.18 bits per heavy atom. The fourth-order valence-electron chi connectivity index (χ4n) is 3.42. The van der Waals surface area contributed by atoms with Gasteiger partial charge in [-0.3, -0.25) is 4.79 Å². The lowest BCUT2D eigenvalue weighted by Gasteiger charge is -2.33. The summed E-state index contributed by atoms with van der Waals surface area (Å²) < 4.78 is 0. The molecule has 6 heteroatoms. The van der Waals surface area contributed by atoms with E-state index < -0.39 is 5.54 Å². The molecule has 0 spiro atoms. The molecule has 1 aromatic heterocycles. The fourth-order valence-corrected chi connectivity index (χ4v) is 3.66. The number of nitrogens with zero attached hydrogens (tertiary/aromatic N) is 2. The molecule has 22 heavy (non-hydrogen) atoms. The Balaban J connectivity index is 1.59. The molecule has 1 aromatic rings. The fraction of sp³-hybridized carbons (Fsp3) is 0.625. The topological polar surface area (TPSA) is 71.2 Å². The van der Waals surface area contributed by atoms with Crippen molar-refractivity contribution in [2.24, 2.45) is 5.73 Å². The van der Waals surface area contributed by atoms with Crippen molar-refractivity contribution in [1.82, 2.24) is 10.3 Å². The molecule has 2 aliphatic rings. The van der Waals surface area contributed by atoms with Gasteiger partial charge in [0.1, 0.15) is 5.82 Å². The first-order valence-electron chi connectivity index (χ1n) is 8.04. The van der Waals surface area contributed by atoms with E-state index in [1.165, 1.54) is 6.42 Å². The number of anilines is 1.